The smallest absolute Gasteiger partial charge is 0.374 e. The van der Waals surface area contributed by atoms with Crippen LogP contribution in [0, 0.1) is 0 Å². The van der Waals surface area contributed by atoms with Crippen molar-refractivity contribution in [3.63, 3.8) is 0 Å². The van der Waals surface area contributed by atoms with E-state index in [1.54, 1.807) is 0 Å². The largest absolute Gasteiger partial charge is 0.475 e. The third kappa shape index (κ3) is 2.11. The van der Waals surface area contributed by atoms with Crippen molar-refractivity contribution in [3.8, 4) is 22.8 Å². The number of ether oxygens (including phenoxy) is 2. The van der Waals surface area contributed by atoms with Gasteiger partial charge in [0.1, 0.15) is 5.69 Å². The summed E-state index contributed by atoms with van der Waals surface area (Å²) in [6, 6.07) is 6.88. The minimum Gasteiger partial charge on any atom is -0.475 e. The van der Waals surface area contributed by atoms with Crippen LogP contribution >= 0.6 is 0 Å². The molecule has 0 radical (unpaired) electrons. The van der Waals surface area contributed by atoms with Gasteiger partial charge in [-0.2, -0.15) is 0 Å². The van der Waals surface area contributed by atoms with Crippen molar-refractivity contribution in [2.45, 2.75) is 37.9 Å². The fourth-order valence-corrected chi connectivity index (χ4v) is 3.06. The second-order valence-electron chi connectivity index (χ2n) is 5.72. The van der Waals surface area contributed by atoms with Crippen molar-refractivity contribution in [2.75, 3.05) is 0 Å². The number of benzene rings is 1. The molecule has 1 saturated carbocycles. The van der Waals surface area contributed by atoms with E-state index in [2.05, 4.69) is 5.16 Å². The van der Waals surface area contributed by atoms with Crippen LogP contribution in [0.4, 0.5) is 0 Å². The topological polar surface area (TPSA) is 81.8 Å². The first-order valence-electron chi connectivity index (χ1n) is 7.38. The van der Waals surface area contributed by atoms with Crippen molar-refractivity contribution in [1.29, 1.82) is 0 Å². The summed E-state index contributed by atoms with van der Waals surface area (Å²) in [7, 11) is 0. The average molecular weight is 301 g/mol. The number of hydrogen-bond acceptors (Lipinski definition) is 5. The van der Waals surface area contributed by atoms with Gasteiger partial charge in [0.25, 0.3) is 5.79 Å². The highest BCUT2D eigenvalue weighted by molar-refractivity contribution is 5.85. The zero-order valence-electron chi connectivity index (χ0n) is 11.9. The van der Waals surface area contributed by atoms with Crippen LogP contribution in [0.2, 0.25) is 0 Å². The second-order valence-corrected chi connectivity index (χ2v) is 5.72. The Morgan fingerprint density at radius 1 is 1.09 bits per heavy atom. The number of carbonyl (C=O) groups is 1. The van der Waals surface area contributed by atoms with Gasteiger partial charge in [-0.3, -0.25) is 0 Å². The predicted octanol–water partition coefficient (Wildman–Crippen LogP) is 3.47. The van der Waals surface area contributed by atoms with Crippen LogP contribution in [0.3, 0.4) is 0 Å². The molecule has 1 aromatic carbocycles. The van der Waals surface area contributed by atoms with Crippen molar-refractivity contribution in [2.24, 2.45) is 0 Å². The van der Waals surface area contributed by atoms with E-state index >= 15 is 0 Å². The lowest BCUT2D eigenvalue weighted by Gasteiger charge is -2.31. The van der Waals surface area contributed by atoms with Gasteiger partial charge in [0.05, 0.1) is 0 Å². The molecule has 1 aliphatic heterocycles. The molecule has 114 valence electrons. The van der Waals surface area contributed by atoms with E-state index < -0.39 is 11.8 Å². The Hall–Kier alpha value is -2.50. The molecular formula is C16H15NO5. The van der Waals surface area contributed by atoms with E-state index in [0.717, 1.165) is 37.0 Å². The van der Waals surface area contributed by atoms with Crippen LogP contribution in [0.1, 0.15) is 42.7 Å². The summed E-state index contributed by atoms with van der Waals surface area (Å²) in [5.74, 6) is -0.432. The zero-order valence-corrected chi connectivity index (χ0v) is 11.9. The summed E-state index contributed by atoms with van der Waals surface area (Å²) in [5, 5.41) is 12.7. The third-order valence-corrected chi connectivity index (χ3v) is 4.17. The fourth-order valence-electron chi connectivity index (χ4n) is 3.06. The van der Waals surface area contributed by atoms with Crippen LogP contribution in [-0.4, -0.2) is 22.0 Å². The van der Waals surface area contributed by atoms with Gasteiger partial charge in [-0.05, 0) is 31.0 Å². The fraction of sp³-hybridized carbons (Fsp3) is 0.375. The monoisotopic (exact) mass is 301 g/mol. The summed E-state index contributed by atoms with van der Waals surface area (Å²) in [6.45, 7) is 0. The molecule has 0 unspecified atom stereocenters. The Bertz CT molecular complexity index is 730. The average Bonchev–Trinajstić information content (AvgIpc) is 3.11. The van der Waals surface area contributed by atoms with Gasteiger partial charge < -0.3 is 19.1 Å². The van der Waals surface area contributed by atoms with Gasteiger partial charge in [-0.15, -0.1) is 0 Å². The van der Waals surface area contributed by atoms with Crippen molar-refractivity contribution in [1.82, 2.24) is 5.16 Å². The van der Waals surface area contributed by atoms with E-state index in [0.29, 0.717) is 11.4 Å². The Morgan fingerprint density at radius 2 is 1.86 bits per heavy atom. The van der Waals surface area contributed by atoms with Crippen LogP contribution in [0.5, 0.6) is 11.5 Å². The molecule has 1 spiro atoms. The van der Waals surface area contributed by atoms with Crippen molar-refractivity contribution in [3.05, 3.63) is 30.0 Å². The number of aromatic nitrogens is 1. The van der Waals surface area contributed by atoms with Crippen molar-refractivity contribution < 1.29 is 23.9 Å². The van der Waals surface area contributed by atoms with E-state index in [-0.39, 0.29) is 5.76 Å². The van der Waals surface area contributed by atoms with Crippen LogP contribution in [0.15, 0.2) is 28.8 Å². The number of aromatic carboxylic acids is 1. The first-order chi connectivity index (χ1) is 10.7. The molecule has 1 aromatic heterocycles. The van der Waals surface area contributed by atoms with E-state index in [1.807, 2.05) is 18.2 Å². The maximum atomic E-state index is 10.9. The van der Waals surface area contributed by atoms with Crippen LogP contribution in [-0.2, 0) is 0 Å². The molecular weight excluding hydrogens is 286 g/mol. The number of carboxylic acid groups (broad SMARTS) is 1. The van der Waals surface area contributed by atoms with Gasteiger partial charge in [-0.1, -0.05) is 11.6 Å². The molecule has 4 rings (SSSR count). The van der Waals surface area contributed by atoms with Gasteiger partial charge in [0, 0.05) is 24.5 Å². The molecule has 1 fully saturated rings. The summed E-state index contributed by atoms with van der Waals surface area (Å²) < 4.78 is 16.9. The lowest BCUT2D eigenvalue weighted by Crippen LogP contribution is -2.40. The molecule has 1 N–H and O–H groups in total. The number of rotatable bonds is 2. The van der Waals surface area contributed by atoms with E-state index in [1.165, 1.54) is 12.5 Å². The third-order valence-electron chi connectivity index (χ3n) is 4.17. The van der Waals surface area contributed by atoms with E-state index in [9.17, 15) is 4.79 Å². The zero-order chi connectivity index (χ0) is 15.2. The number of nitrogens with zero attached hydrogens (tertiary/aromatic N) is 1. The highest BCUT2D eigenvalue weighted by Crippen LogP contribution is 2.46. The highest BCUT2D eigenvalue weighted by Gasteiger charge is 2.42. The number of hydrogen-bond donors (Lipinski definition) is 1. The quantitative estimate of drug-likeness (QED) is 0.914. The first kappa shape index (κ1) is 13.2. The minimum atomic E-state index is -1.14. The summed E-state index contributed by atoms with van der Waals surface area (Å²) in [4.78, 5) is 10.9. The molecule has 0 atom stereocenters. The van der Waals surface area contributed by atoms with E-state index in [4.69, 9.17) is 19.1 Å². The molecule has 2 aromatic rings. The SMILES string of the molecule is O=C(O)c1cc(-c2ccc3c(c2)OC2(CCCCC2)O3)no1. The van der Waals surface area contributed by atoms with Gasteiger partial charge >= 0.3 is 5.97 Å². The standard InChI is InChI=1S/C16H15NO5/c18-15(19)14-9-11(17-22-14)10-4-5-12-13(8-10)21-16(20-12)6-2-1-3-7-16/h4-5,8-9H,1-3,6-7H2,(H,18,19). The van der Waals surface area contributed by atoms with Crippen molar-refractivity contribution >= 4 is 5.97 Å². The summed E-state index contributed by atoms with van der Waals surface area (Å²) in [5.41, 5.74) is 1.21. The molecule has 0 bridgehead atoms. The summed E-state index contributed by atoms with van der Waals surface area (Å²) >= 11 is 0. The molecule has 2 heterocycles. The highest BCUT2D eigenvalue weighted by atomic mass is 16.7. The molecule has 6 nitrogen and oxygen atoms in total. The van der Waals surface area contributed by atoms with Gasteiger partial charge in [0.15, 0.2) is 11.5 Å². The second kappa shape index (κ2) is 4.76. The molecule has 0 saturated heterocycles. The maximum Gasteiger partial charge on any atom is 0.374 e. The molecule has 2 aliphatic rings. The predicted molar refractivity (Wildman–Crippen MR) is 76.0 cm³/mol. The van der Waals surface area contributed by atoms with Gasteiger partial charge in [-0.25, -0.2) is 4.79 Å². The van der Waals surface area contributed by atoms with Crippen LogP contribution in [0.25, 0.3) is 11.3 Å². The first-order valence-corrected chi connectivity index (χ1v) is 7.38. The molecule has 1 aliphatic carbocycles. The Balaban J connectivity index is 1.63. The molecule has 0 amide bonds. The Morgan fingerprint density at radius 3 is 2.59 bits per heavy atom. The Kier molecular flexibility index (Phi) is 2.85. The maximum absolute atomic E-state index is 10.9. The summed E-state index contributed by atoms with van der Waals surface area (Å²) in [6.07, 6.45) is 5.21. The molecule has 6 heteroatoms. The van der Waals surface area contributed by atoms with Crippen LogP contribution < -0.4 is 9.47 Å². The molecule has 22 heavy (non-hydrogen) atoms. The lowest BCUT2D eigenvalue weighted by atomic mass is 9.94. The number of fused-ring (bicyclic) bond motifs is 1. The normalized spacial score (nSPS) is 18.5. The number of carboxylic acids is 1. The van der Waals surface area contributed by atoms with Gasteiger partial charge in [0.2, 0.25) is 5.76 Å². The minimum absolute atomic E-state index is 0.184. The Labute approximate surface area is 126 Å². The lowest BCUT2D eigenvalue weighted by molar-refractivity contribution is -0.105.